The smallest absolute Gasteiger partial charge is 0.255 e. The molecule has 0 spiro atoms. The third kappa shape index (κ3) is 3.44. The Bertz CT molecular complexity index is 816. The standard InChI is InChI=1S/C21H28N4O3/c1-21(2,14-9-22-10-14)12-23-8-13-4-3-5-15-16(13)11-25(20(15)28)17-6-7-18(26)24-19(17)27/h3-5,14,17,22-23H,6-12H2,1-2H3,(H,24,26,27). The molecule has 4 rings (SSSR count). The van der Waals surface area contributed by atoms with Crippen molar-refractivity contribution in [3.63, 3.8) is 0 Å². The Kier molecular flexibility index (Phi) is 4.97. The van der Waals surface area contributed by atoms with E-state index in [2.05, 4.69) is 29.8 Å². The molecular weight excluding hydrogens is 356 g/mol. The van der Waals surface area contributed by atoms with Crippen LogP contribution >= 0.6 is 0 Å². The average Bonchev–Trinajstić information content (AvgIpc) is 2.91. The van der Waals surface area contributed by atoms with E-state index in [4.69, 9.17) is 0 Å². The van der Waals surface area contributed by atoms with Crippen LogP contribution in [0.2, 0.25) is 0 Å². The van der Waals surface area contributed by atoms with Crippen LogP contribution in [0.25, 0.3) is 0 Å². The number of hydrogen-bond acceptors (Lipinski definition) is 5. The van der Waals surface area contributed by atoms with Crippen molar-refractivity contribution >= 4 is 17.7 Å². The lowest BCUT2D eigenvalue weighted by molar-refractivity contribution is -0.136. The van der Waals surface area contributed by atoms with E-state index in [0.29, 0.717) is 31.0 Å². The second kappa shape index (κ2) is 7.29. The summed E-state index contributed by atoms with van der Waals surface area (Å²) in [5.74, 6) is -0.0641. The monoisotopic (exact) mass is 384 g/mol. The fourth-order valence-electron chi connectivity index (χ4n) is 4.32. The topological polar surface area (TPSA) is 90.5 Å². The van der Waals surface area contributed by atoms with Crippen molar-refractivity contribution in [2.24, 2.45) is 11.3 Å². The second-order valence-electron chi connectivity index (χ2n) is 8.79. The highest BCUT2D eigenvalue weighted by Crippen LogP contribution is 2.31. The Morgan fingerprint density at radius 3 is 2.68 bits per heavy atom. The average molecular weight is 384 g/mol. The summed E-state index contributed by atoms with van der Waals surface area (Å²) in [5, 5.41) is 9.25. The molecule has 1 atom stereocenters. The van der Waals surface area contributed by atoms with E-state index in [1.54, 1.807) is 4.90 Å². The number of hydrogen-bond donors (Lipinski definition) is 3. The summed E-state index contributed by atoms with van der Waals surface area (Å²) in [7, 11) is 0. The summed E-state index contributed by atoms with van der Waals surface area (Å²) in [4.78, 5) is 38.1. The van der Waals surface area contributed by atoms with Crippen LogP contribution in [0.5, 0.6) is 0 Å². The molecule has 0 radical (unpaired) electrons. The van der Waals surface area contributed by atoms with Gasteiger partial charge < -0.3 is 15.5 Å². The minimum absolute atomic E-state index is 0.118. The molecule has 1 aromatic carbocycles. The quantitative estimate of drug-likeness (QED) is 0.631. The predicted octanol–water partition coefficient (Wildman–Crippen LogP) is 0.783. The molecule has 3 amide bonds. The first kappa shape index (κ1) is 19.1. The summed E-state index contributed by atoms with van der Waals surface area (Å²) in [6, 6.07) is 5.22. The summed E-state index contributed by atoms with van der Waals surface area (Å²) in [5.41, 5.74) is 2.99. The van der Waals surface area contributed by atoms with Gasteiger partial charge in [-0.05, 0) is 48.0 Å². The second-order valence-corrected chi connectivity index (χ2v) is 8.79. The van der Waals surface area contributed by atoms with Crippen molar-refractivity contribution in [1.29, 1.82) is 0 Å². The van der Waals surface area contributed by atoms with Gasteiger partial charge in [0.2, 0.25) is 11.8 Å². The molecule has 1 unspecified atom stereocenters. The van der Waals surface area contributed by atoms with Crippen LogP contribution in [0.3, 0.4) is 0 Å². The molecule has 1 aromatic rings. The normalized spacial score (nSPS) is 22.9. The SMILES string of the molecule is CC(C)(CNCc1cccc2c1CN(C1CCC(=O)NC1=O)C2=O)C1CNC1. The number of piperidine rings is 1. The van der Waals surface area contributed by atoms with Crippen molar-refractivity contribution in [2.45, 2.75) is 45.8 Å². The van der Waals surface area contributed by atoms with Gasteiger partial charge in [-0.2, -0.15) is 0 Å². The van der Waals surface area contributed by atoms with Gasteiger partial charge in [0, 0.05) is 31.6 Å². The van der Waals surface area contributed by atoms with Gasteiger partial charge in [0.25, 0.3) is 5.91 Å². The third-order valence-electron chi connectivity index (χ3n) is 6.46. The highest BCUT2D eigenvalue weighted by atomic mass is 16.2. The molecule has 28 heavy (non-hydrogen) atoms. The minimum Gasteiger partial charge on any atom is -0.322 e. The van der Waals surface area contributed by atoms with E-state index in [-0.39, 0.29) is 29.6 Å². The van der Waals surface area contributed by atoms with Gasteiger partial charge in [-0.1, -0.05) is 26.0 Å². The number of nitrogens with zero attached hydrogens (tertiary/aromatic N) is 1. The van der Waals surface area contributed by atoms with Crippen LogP contribution in [0.1, 0.15) is 48.2 Å². The van der Waals surface area contributed by atoms with Crippen molar-refractivity contribution in [3.05, 3.63) is 34.9 Å². The summed E-state index contributed by atoms with van der Waals surface area (Å²) >= 11 is 0. The lowest BCUT2D eigenvalue weighted by atomic mass is 9.75. The van der Waals surface area contributed by atoms with Crippen molar-refractivity contribution in [2.75, 3.05) is 19.6 Å². The fraction of sp³-hybridized carbons (Fsp3) is 0.571. The molecule has 0 saturated carbocycles. The van der Waals surface area contributed by atoms with Crippen LogP contribution in [-0.2, 0) is 22.7 Å². The molecule has 0 aliphatic carbocycles. The number of nitrogens with one attached hydrogen (secondary N) is 3. The molecule has 3 aliphatic heterocycles. The van der Waals surface area contributed by atoms with Gasteiger partial charge in [-0.15, -0.1) is 0 Å². The maximum absolute atomic E-state index is 12.9. The Morgan fingerprint density at radius 2 is 2.00 bits per heavy atom. The van der Waals surface area contributed by atoms with Gasteiger partial charge in [0.1, 0.15) is 6.04 Å². The Morgan fingerprint density at radius 1 is 1.21 bits per heavy atom. The van der Waals surface area contributed by atoms with E-state index in [0.717, 1.165) is 30.8 Å². The largest absolute Gasteiger partial charge is 0.322 e. The summed E-state index contributed by atoms with van der Waals surface area (Å²) in [6.45, 7) is 8.76. The first-order valence-electron chi connectivity index (χ1n) is 10.0. The van der Waals surface area contributed by atoms with Crippen LogP contribution in [-0.4, -0.2) is 48.3 Å². The zero-order valence-electron chi connectivity index (χ0n) is 16.5. The molecule has 2 fully saturated rings. The van der Waals surface area contributed by atoms with Gasteiger partial charge in [-0.25, -0.2) is 0 Å². The van der Waals surface area contributed by atoms with E-state index < -0.39 is 6.04 Å². The summed E-state index contributed by atoms with van der Waals surface area (Å²) < 4.78 is 0. The highest BCUT2D eigenvalue weighted by molar-refractivity contribution is 6.05. The lowest BCUT2D eigenvalue weighted by Gasteiger charge is -2.41. The number of carbonyl (C=O) groups excluding carboxylic acids is 3. The number of rotatable bonds is 6. The van der Waals surface area contributed by atoms with Gasteiger partial charge >= 0.3 is 0 Å². The Labute approximate surface area is 165 Å². The van der Waals surface area contributed by atoms with Crippen LogP contribution < -0.4 is 16.0 Å². The predicted molar refractivity (Wildman–Crippen MR) is 104 cm³/mol. The van der Waals surface area contributed by atoms with Crippen LogP contribution in [0, 0.1) is 11.3 Å². The van der Waals surface area contributed by atoms with Crippen LogP contribution in [0.15, 0.2) is 18.2 Å². The maximum atomic E-state index is 12.9. The molecule has 0 bridgehead atoms. The molecule has 7 heteroatoms. The first-order valence-corrected chi connectivity index (χ1v) is 10.0. The zero-order chi connectivity index (χ0) is 19.9. The van der Waals surface area contributed by atoms with E-state index in [1.165, 1.54) is 0 Å². The molecular formula is C21H28N4O3. The molecule has 7 nitrogen and oxygen atoms in total. The molecule has 3 heterocycles. The molecule has 150 valence electrons. The van der Waals surface area contributed by atoms with Crippen LogP contribution in [0.4, 0.5) is 0 Å². The molecule has 0 aromatic heterocycles. The van der Waals surface area contributed by atoms with Gasteiger partial charge in [0.15, 0.2) is 0 Å². The third-order valence-corrected chi connectivity index (χ3v) is 6.46. The van der Waals surface area contributed by atoms with E-state index >= 15 is 0 Å². The van der Waals surface area contributed by atoms with Gasteiger partial charge in [-0.3, -0.25) is 19.7 Å². The highest BCUT2D eigenvalue weighted by Gasteiger charge is 2.40. The van der Waals surface area contributed by atoms with Crippen molar-refractivity contribution in [1.82, 2.24) is 20.9 Å². The molecule has 3 aliphatic rings. The van der Waals surface area contributed by atoms with E-state index in [1.807, 2.05) is 18.2 Å². The zero-order valence-corrected chi connectivity index (χ0v) is 16.5. The maximum Gasteiger partial charge on any atom is 0.255 e. The molecule has 2 saturated heterocycles. The van der Waals surface area contributed by atoms with Gasteiger partial charge in [0.05, 0.1) is 0 Å². The number of fused-ring (bicyclic) bond motifs is 1. The first-order chi connectivity index (χ1) is 13.4. The number of carbonyl (C=O) groups is 3. The number of benzene rings is 1. The number of amides is 3. The number of imide groups is 1. The Hall–Kier alpha value is -2.25. The summed E-state index contributed by atoms with van der Waals surface area (Å²) in [6.07, 6.45) is 0.664. The molecule has 3 N–H and O–H groups in total. The van der Waals surface area contributed by atoms with E-state index in [9.17, 15) is 14.4 Å². The fourth-order valence-corrected chi connectivity index (χ4v) is 4.32. The Balaban J connectivity index is 1.44. The van der Waals surface area contributed by atoms with Crippen molar-refractivity contribution in [3.8, 4) is 0 Å². The van der Waals surface area contributed by atoms with Crippen molar-refractivity contribution < 1.29 is 14.4 Å². The minimum atomic E-state index is -0.566. The lowest BCUT2D eigenvalue weighted by Crippen LogP contribution is -2.52.